The van der Waals surface area contributed by atoms with Gasteiger partial charge in [0.25, 0.3) is 0 Å². The molecule has 0 unspecified atom stereocenters. The molecule has 0 bridgehead atoms. The third kappa shape index (κ3) is 1.62. The maximum Gasteiger partial charge on any atom is 0.124 e. The van der Waals surface area contributed by atoms with Crippen LogP contribution in [0.1, 0.15) is 31.9 Å². The molecule has 2 nitrogen and oxygen atoms in total. The summed E-state index contributed by atoms with van der Waals surface area (Å²) < 4.78 is 5.88. The molecule has 1 aliphatic heterocycles. The summed E-state index contributed by atoms with van der Waals surface area (Å²) in [6, 6.07) is 8.19. The highest BCUT2D eigenvalue weighted by molar-refractivity contribution is 5.37. The first-order chi connectivity index (χ1) is 6.68. The smallest absolute Gasteiger partial charge is 0.124 e. The Balaban J connectivity index is 2.29. The van der Waals surface area contributed by atoms with Crippen LogP contribution >= 0.6 is 0 Å². The predicted molar refractivity (Wildman–Crippen MR) is 57.2 cm³/mol. The number of hydrogen-bond acceptors (Lipinski definition) is 2. The van der Waals surface area contributed by atoms with E-state index in [0.717, 1.165) is 17.7 Å². The average molecular weight is 191 g/mol. The Morgan fingerprint density at radius 1 is 1.36 bits per heavy atom. The summed E-state index contributed by atoms with van der Waals surface area (Å²) in [6.45, 7) is 4.34. The van der Waals surface area contributed by atoms with E-state index in [1.54, 1.807) is 0 Å². The van der Waals surface area contributed by atoms with Crippen molar-refractivity contribution in [1.82, 2.24) is 0 Å². The lowest BCUT2D eigenvalue weighted by Gasteiger charge is -2.32. The van der Waals surface area contributed by atoms with E-state index in [4.69, 9.17) is 10.5 Å². The van der Waals surface area contributed by atoms with Crippen LogP contribution in [0.15, 0.2) is 24.3 Å². The van der Waals surface area contributed by atoms with Crippen LogP contribution in [-0.2, 0) is 0 Å². The Bertz CT molecular complexity index is 322. The molecule has 1 heterocycles. The standard InChI is InChI=1S/C12H17NO/c1-8(2)12-7-10(13)9-5-3-4-6-11(9)14-12/h3-6,8,10,12H,7,13H2,1-2H3/t10-,12+/m0/s1. The molecule has 2 rings (SSSR count). The van der Waals surface area contributed by atoms with Crippen LogP contribution in [-0.4, -0.2) is 6.10 Å². The van der Waals surface area contributed by atoms with Crippen LogP contribution in [0.4, 0.5) is 0 Å². The van der Waals surface area contributed by atoms with Crippen molar-refractivity contribution in [2.45, 2.75) is 32.4 Å². The normalized spacial score (nSPS) is 25.7. The molecule has 1 aromatic carbocycles. The van der Waals surface area contributed by atoms with Crippen molar-refractivity contribution in [1.29, 1.82) is 0 Å². The fraction of sp³-hybridized carbons (Fsp3) is 0.500. The highest BCUT2D eigenvalue weighted by Crippen LogP contribution is 2.34. The van der Waals surface area contributed by atoms with Gasteiger partial charge in [0.15, 0.2) is 0 Å². The second-order valence-corrected chi connectivity index (χ2v) is 4.28. The number of para-hydroxylation sites is 1. The minimum Gasteiger partial charge on any atom is -0.490 e. The summed E-state index contributed by atoms with van der Waals surface area (Å²) in [5.41, 5.74) is 7.24. The van der Waals surface area contributed by atoms with Crippen molar-refractivity contribution >= 4 is 0 Å². The highest BCUT2D eigenvalue weighted by atomic mass is 16.5. The first kappa shape index (κ1) is 9.53. The Kier molecular flexibility index (Phi) is 2.46. The van der Waals surface area contributed by atoms with E-state index in [1.165, 1.54) is 0 Å². The molecule has 0 spiro atoms. The number of fused-ring (bicyclic) bond motifs is 1. The molecule has 0 fully saturated rings. The summed E-state index contributed by atoms with van der Waals surface area (Å²) >= 11 is 0. The van der Waals surface area contributed by atoms with Gasteiger partial charge in [0.2, 0.25) is 0 Å². The number of ether oxygens (including phenoxy) is 1. The number of benzene rings is 1. The summed E-state index contributed by atoms with van der Waals surface area (Å²) in [4.78, 5) is 0. The van der Waals surface area contributed by atoms with E-state index in [2.05, 4.69) is 19.9 Å². The lowest BCUT2D eigenvalue weighted by atomic mass is 9.92. The zero-order valence-electron chi connectivity index (χ0n) is 8.73. The SMILES string of the molecule is CC(C)[C@H]1C[C@H](N)c2ccccc2O1. The van der Waals surface area contributed by atoms with Gasteiger partial charge in [0, 0.05) is 18.0 Å². The van der Waals surface area contributed by atoms with E-state index in [0.29, 0.717) is 5.92 Å². The second-order valence-electron chi connectivity index (χ2n) is 4.28. The van der Waals surface area contributed by atoms with Gasteiger partial charge in [-0.1, -0.05) is 32.0 Å². The molecule has 0 saturated heterocycles. The molecule has 1 aliphatic rings. The molecule has 2 heteroatoms. The third-order valence-corrected chi connectivity index (χ3v) is 2.83. The van der Waals surface area contributed by atoms with Crippen molar-refractivity contribution in [2.75, 3.05) is 0 Å². The first-order valence-corrected chi connectivity index (χ1v) is 5.19. The van der Waals surface area contributed by atoms with Gasteiger partial charge in [-0.05, 0) is 12.0 Å². The van der Waals surface area contributed by atoms with Gasteiger partial charge in [-0.25, -0.2) is 0 Å². The molecule has 0 radical (unpaired) electrons. The Labute approximate surface area is 85.1 Å². The van der Waals surface area contributed by atoms with Gasteiger partial charge in [-0.2, -0.15) is 0 Å². The Morgan fingerprint density at radius 3 is 2.79 bits per heavy atom. The van der Waals surface area contributed by atoms with E-state index in [-0.39, 0.29) is 12.1 Å². The second kappa shape index (κ2) is 3.62. The van der Waals surface area contributed by atoms with E-state index >= 15 is 0 Å². The van der Waals surface area contributed by atoms with Gasteiger partial charge < -0.3 is 10.5 Å². The quantitative estimate of drug-likeness (QED) is 0.740. The fourth-order valence-electron chi connectivity index (χ4n) is 1.89. The maximum atomic E-state index is 6.09. The van der Waals surface area contributed by atoms with Gasteiger partial charge in [-0.3, -0.25) is 0 Å². The van der Waals surface area contributed by atoms with Crippen LogP contribution in [0.3, 0.4) is 0 Å². The van der Waals surface area contributed by atoms with Crippen LogP contribution in [0.25, 0.3) is 0 Å². The molecular weight excluding hydrogens is 174 g/mol. The maximum absolute atomic E-state index is 6.09. The number of hydrogen-bond donors (Lipinski definition) is 1. The molecule has 2 N–H and O–H groups in total. The summed E-state index contributed by atoms with van der Waals surface area (Å²) in [6.07, 6.45) is 1.19. The number of nitrogens with two attached hydrogens (primary N) is 1. The molecule has 76 valence electrons. The Morgan fingerprint density at radius 2 is 2.07 bits per heavy atom. The van der Waals surface area contributed by atoms with E-state index in [1.807, 2.05) is 18.2 Å². The topological polar surface area (TPSA) is 35.2 Å². The van der Waals surface area contributed by atoms with E-state index in [9.17, 15) is 0 Å². The van der Waals surface area contributed by atoms with Crippen LogP contribution < -0.4 is 10.5 Å². The van der Waals surface area contributed by atoms with Crippen LogP contribution in [0.2, 0.25) is 0 Å². The van der Waals surface area contributed by atoms with Crippen molar-refractivity contribution in [3.63, 3.8) is 0 Å². The summed E-state index contributed by atoms with van der Waals surface area (Å²) in [5.74, 6) is 1.49. The molecular formula is C12H17NO. The minimum absolute atomic E-state index is 0.132. The number of rotatable bonds is 1. The molecule has 0 saturated carbocycles. The Hall–Kier alpha value is -1.02. The molecule has 14 heavy (non-hydrogen) atoms. The van der Waals surface area contributed by atoms with E-state index < -0.39 is 0 Å². The third-order valence-electron chi connectivity index (χ3n) is 2.83. The molecule has 0 aromatic heterocycles. The highest BCUT2D eigenvalue weighted by Gasteiger charge is 2.27. The molecule has 2 atom stereocenters. The van der Waals surface area contributed by atoms with Crippen LogP contribution in [0.5, 0.6) is 5.75 Å². The molecule has 0 amide bonds. The largest absolute Gasteiger partial charge is 0.490 e. The summed E-state index contributed by atoms with van der Waals surface area (Å²) in [5, 5.41) is 0. The van der Waals surface area contributed by atoms with Crippen molar-refractivity contribution in [2.24, 2.45) is 11.7 Å². The van der Waals surface area contributed by atoms with Gasteiger partial charge in [-0.15, -0.1) is 0 Å². The minimum atomic E-state index is 0.132. The summed E-state index contributed by atoms with van der Waals surface area (Å²) in [7, 11) is 0. The van der Waals surface area contributed by atoms with Gasteiger partial charge in [0.1, 0.15) is 11.9 Å². The van der Waals surface area contributed by atoms with Gasteiger partial charge in [0.05, 0.1) is 0 Å². The predicted octanol–water partition coefficient (Wildman–Crippen LogP) is 2.49. The molecule has 0 aliphatic carbocycles. The lowest BCUT2D eigenvalue weighted by Crippen LogP contribution is -2.33. The van der Waals surface area contributed by atoms with Crippen molar-refractivity contribution < 1.29 is 4.74 Å². The fourth-order valence-corrected chi connectivity index (χ4v) is 1.89. The lowest BCUT2D eigenvalue weighted by molar-refractivity contribution is 0.115. The average Bonchev–Trinajstić information content (AvgIpc) is 2.17. The zero-order valence-corrected chi connectivity index (χ0v) is 8.73. The van der Waals surface area contributed by atoms with Gasteiger partial charge >= 0.3 is 0 Å². The zero-order chi connectivity index (χ0) is 10.1. The molecule has 1 aromatic rings. The first-order valence-electron chi connectivity index (χ1n) is 5.19. The van der Waals surface area contributed by atoms with Crippen molar-refractivity contribution in [3.05, 3.63) is 29.8 Å². The monoisotopic (exact) mass is 191 g/mol. The van der Waals surface area contributed by atoms with Crippen molar-refractivity contribution in [3.8, 4) is 5.75 Å². The van der Waals surface area contributed by atoms with Crippen LogP contribution in [0, 0.1) is 5.92 Å².